The Morgan fingerprint density at radius 1 is 1.40 bits per heavy atom. The summed E-state index contributed by atoms with van der Waals surface area (Å²) in [4.78, 5) is 20.5. The first-order chi connectivity index (χ1) is 9.74. The van der Waals surface area contributed by atoms with Crippen LogP contribution >= 0.6 is 11.8 Å². The number of hydrogen-bond acceptors (Lipinski definition) is 4. The number of pyridine rings is 1. The molecule has 106 valence electrons. The van der Waals surface area contributed by atoms with Gasteiger partial charge in [-0.2, -0.15) is 0 Å². The highest BCUT2D eigenvalue weighted by Crippen LogP contribution is 2.21. The van der Waals surface area contributed by atoms with Crippen LogP contribution in [0.5, 0.6) is 0 Å². The van der Waals surface area contributed by atoms with Crippen molar-refractivity contribution in [2.24, 2.45) is 0 Å². The molecule has 1 amide bonds. The van der Waals surface area contributed by atoms with E-state index in [1.54, 1.807) is 12.4 Å². The minimum Gasteiger partial charge on any atom is -0.334 e. The zero-order valence-corrected chi connectivity index (χ0v) is 12.5. The first-order valence-corrected chi connectivity index (χ1v) is 7.76. The van der Waals surface area contributed by atoms with E-state index in [2.05, 4.69) is 22.2 Å². The fourth-order valence-electron chi connectivity index (χ4n) is 1.94. The molecule has 2 heterocycles. The van der Waals surface area contributed by atoms with Gasteiger partial charge in [0.2, 0.25) is 5.91 Å². The first kappa shape index (κ1) is 14.6. The SMILES string of the molecule is CCc1nccn1CCC(=O)Nc1cccnc1SC. The van der Waals surface area contributed by atoms with E-state index < -0.39 is 0 Å². The summed E-state index contributed by atoms with van der Waals surface area (Å²) in [6.45, 7) is 2.70. The Morgan fingerprint density at radius 2 is 2.25 bits per heavy atom. The Labute approximate surface area is 122 Å². The van der Waals surface area contributed by atoms with E-state index in [4.69, 9.17) is 0 Å². The molecule has 0 unspecified atom stereocenters. The highest BCUT2D eigenvalue weighted by Gasteiger charge is 2.08. The molecule has 0 aromatic carbocycles. The van der Waals surface area contributed by atoms with Gasteiger partial charge in [-0.3, -0.25) is 4.79 Å². The monoisotopic (exact) mass is 290 g/mol. The molecule has 0 bridgehead atoms. The number of hydrogen-bond donors (Lipinski definition) is 1. The number of aromatic nitrogens is 3. The molecule has 2 aromatic heterocycles. The zero-order chi connectivity index (χ0) is 14.4. The molecule has 0 fully saturated rings. The summed E-state index contributed by atoms with van der Waals surface area (Å²) in [7, 11) is 0. The lowest BCUT2D eigenvalue weighted by atomic mass is 10.3. The summed E-state index contributed by atoms with van der Waals surface area (Å²) >= 11 is 1.52. The van der Waals surface area contributed by atoms with Crippen molar-refractivity contribution < 1.29 is 4.79 Å². The molecule has 2 rings (SSSR count). The van der Waals surface area contributed by atoms with E-state index in [0.29, 0.717) is 13.0 Å². The van der Waals surface area contributed by atoms with Crippen LogP contribution in [-0.4, -0.2) is 26.7 Å². The molecule has 1 N–H and O–H groups in total. The van der Waals surface area contributed by atoms with Gasteiger partial charge in [0.05, 0.1) is 5.69 Å². The van der Waals surface area contributed by atoms with Crippen LogP contribution in [0.2, 0.25) is 0 Å². The zero-order valence-electron chi connectivity index (χ0n) is 11.7. The summed E-state index contributed by atoms with van der Waals surface area (Å²) in [6, 6.07) is 3.69. The molecule has 0 radical (unpaired) electrons. The largest absolute Gasteiger partial charge is 0.334 e. The number of rotatable bonds is 6. The summed E-state index contributed by atoms with van der Waals surface area (Å²) in [5.74, 6) is 0.994. The van der Waals surface area contributed by atoms with Crippen molar-refractivity contribution in [1.82, 2.24) is 14.5 Å². The molecule has 2 aromatic rings. The van der Waals surface area contributed by atoms with Crippen LogP contribution in [0, 0.1) is 0 Å². The average Bonchev–Trinajstić information content (AvgIpc) is 2.93. The fraction of sp³-hybridized carbons (Fsp3) is 0.357. The van der Waals surface area contributed by atoms with E-state index >= 15 is 0 Å². The minimum atomic E-state index is -0.0101. The molecule has 0 spiro atoms. The van der Waals surface area contributed by atoms with Gasteiger partial charge in [-0.15, -0.1) is 11.8 Å². The number of carbonyl (C=O) groups is 1. The topological polar surface area (TPSA) is 59.8 Å². The third kappa shape index (κ3) is 3.60. The molecule has 0 saturated heterocycles. The molecular formula is C14H18N4OS. The molecule has 0 saturated carbocycles. The Morgan fingerprint density at radius 3 is 3.00 bits per heavy atom. The molecule has 0 aliphatic heterocycles. The smallest absolute Gasteiger partial charge is 0.226 e. The van der Waals surface area contributed by atoms with Gasteiger partial charge in [-0.1, -0.05) is 6.92 Å². The summed E-state index contributed by atoms with van der Waals surface area (Å²) in [6.07, 6.45) is 8.63. The third-order valence-electron chi connectivity index (χ3n) is 2.94. The minimum absolute atomic E-state index is 0.0101. The maximum Gasteiger partial charge on any atom is 0.226 e. The Bertz CT molecular complexity index is 582. The second-order valence-electron chi connectivity index (χ2n) is 4.25. The lowest BCUT2D eigenvalue weighted by molar-refractivity contribution is -0.116. The number of amides is 1. The van der Waals surface area contributed by atoms with Crippen molar-refractivity contribution in [3.8, 4) is 0 Å². The maximum absolute atomic E-state index is 12.0. The van der Waals surface area contributed by atoms with Gasteiger partial charge < -0.3 is 9.88 Å². The highest BCUT2D eigenvalue weighted by atomic mass is 32.2. The molecule has 5 nitrogen and oxygen atoms in total. The van der Waals surface area contributed by atoms with Gasteiger partial charge in [0, 0.05) is 38.0 Å². The quantitative estimate of drug-likeness (QED) is 0.831. The Balaban J connectivity index is 1.93. The predicted molar refractivity (Wildman–Crippen MR) is 80.9 cm³/mol. The van der Waals surface area contributed by atoms with Crippen molar-refractivity contribution in [3.05, 3.63) is 36.5 Å². The number of imidazole rings is 1. The van der Waals surface area contributed by atoms with Crippen LogP contribution < -0.4 is 5.32 Å². The van der Waals surface area contributed by atoms with Crippen LogP contribution in [0.15, 0.2) is 35.7 Å². The number of thioether (sulfide) groups is 1. The van der Waals surface area contributed by atoms with Gasteiger partial charge in [0.1, 0.15) is 10.9 Å². The number of nitrogens with zero attached hydrogens (tertiary/aromatic N) is 3. The molecule has 6 heteroatoms. The number of aryl methyl sites for hydroxylation is 2. The van der Waals surface area contributed by atoms with Crippen molar-refractivity contribution in [2.75, 3.05) is 11.6 Å². The van der Waals surface area contributed by atoms with Crippen molar-refractivity contribution in [1.29, 1.82) is 0 Å². The van der Waals surface area contributed by atoms with Crippen LogP contribution in [0.4, 0.5) is 5.69 Å². The van der Waals surface area contributed by atoms with Gasteiger partial charge >= 0.3 is 0 Å². The average molecular weight is 290 g/mol. The van der Waals surface area contributed by atoms with Crippen molar-refractivity contribution in [3.63, 3.8) is 0 Å². The molecular weight excluding hydrogens is 272 g/mol. The Hall–Kier alpha value is -1.82. The second kappa shape index (κ2) is 7.09. The summed E-state index contributed by atoms with van der Waals surface area (Å²) in [5, 5.41) is 3.74. The second-order valence-corrected chi connectivity index (χ2v) is 5.04. The van der Waals surface area contributed by atoms with Gasteiger partial charge in [-0.25, -0.2) is 9.97 Å². The van der Waals surface area contributed by atoms with E-state index in [9.17, 15) is 4.79 Å². The van der Waals surface area contributed by atoms with Crippen LogP contribution in [0.1, 0.15) is 19.2 Å². The standard InChI is InChI=1S/C14H18N4OS/c1-3-12-15-8-10-18(12)9-6-13(19)17-11-5-4-7-16-14(11)20-2/h4-5,7-8,10H,3,6,9H2,1-2H3,(H,17,19). The van der Waals surface area contributed by atoms with E-state index in [0.717, 1.165) is 23.0 Å². The number of nitrogens with one attached hydrogen (secondary N) is 1. The lowest BCUT2D eigenvalue weighted by Gasteiger charge is -2.09. The highest BCUT2D eigenvalue weighted by molar-refractivity contribution is 7.98. The fourth-order valence-corrected chi connectivity index (χ4v) is 2.45. The molecule has 20 heavy (non-hydrogen) atoms. The van der Waals surface area contributed by atoms with E-state index in [-0.39, 0.29) is 5.91 Å². The van der Waals surface area contributed by atoms with Gasteiger partial charge in [-0.05, 0) is 18.4 Å². The normalized spacial score (nSPS) is 10.5. The molecule has 0 aliphatic rings. The maximum atomic E-state index is 12.0. The number of carbonyl (C=O) groups excluding carboxylic acids is 1. The molecule has 0 aliphatic carbocycles. The summed E-state index contributed by atoms with van der Waals surface area (Å²) < 4.78 is 2.01. The number of anilines is 1. The predicted octanol–water partition coefficient (Wildman–Crippen LogP) is 2.59. The van der Waals surface area contributed by atoms with E-state index in [1.165, 1.54) is 11.8 Å². The Kier molecular flexibility index (Phi) is 5.17. The lowest BCUT2D eigenvalue weighted by Crippen LogP contribution is -2.15. The van der Waals surface area contributed by atoms with Crippen molar-refractivity contribution >= 4 is 23.4 Å². The van der Waals surface area contributed by atoms with Gasteiger partial charge in [0.25, 0.3) is 0 Å². The van der Waals surface area contributed by atoms with Crippen LogP contribution in [0.3, 0.4) is 0 Å². The van der Waals surface area contributed by atoms with E-state index in [1.807, 2.05) is 29.2 Å². The van der Waals surface area contributed by atoms with Gasteiger partial charge in [0.15, 0.2) is 0 Å². The third-order valence-corrected chi connectivity index (χ3v) is 3.65. The van der Waals surface area contributed by atoms with Crippen molar-refractivity contribution in [2.45, 2.75) is 31.3 Å². The first-order valence-electron chi connectivity index (χ1n) is 6.53. The molecule has 0 atom stereocenters. The summed E-state index contributed by atoms with van der Waals surface area (Å²) in [5.41, 5.74) is 0.770. The van der Waals surface area contributed by atoms with Crippen LogP contribution in [-0.2, 0) is 17.8 Å². The van der Waals surface area contributed by atoms with Crippen LogP contribution in [0.25, 0.3) is 0 Å².